The molecular weight excluding hydrogens is 371 g/mol. The lowest BCUT2D eigenvalue weighted by molar-refractivity contribution is -0.137. The number of Topliss-reactive ketones (excluding diaryl/α,β-unsaturated/α-hetero) is 1. The standard InChI is InChI=1S/C12H11BrF3N3OS/c1-3-21-9(13)8(20)11-18-7-4-6(12(14,15)16)5-17-10(7)19(11)2/h4-5,9H,3H2,1-2H3. The van der Waals surface area contributed by atoms with Crippen LogP contribution < -0.4 is 0 Å². The Bertz CT molecular complexity index is 686. The molecule has 2 heterocycles. The summed E-state index contributed by atoms with van der Waals surface area (Å²) >= 11 is 4.61. The molecule has 0 spiro atoms. The minimum absolute atomic E-state index is 0.0527. The summed E-state index contributed by atoms with van der Waals surface area (Å²) in [6.45, 7) is 1.90. The average Bonchev–Trinajstić information content (AvgIpc) is 2.74. The molecule has 0 radical (unpaired) electrons. The predicted molar refractivity (Wildman–Crippen MR) is 78.7 cm³/mol. The van der Waals surface area contributed by atoms with E-state index in [0.29, 0.717) is 0 Å². The first-order valence-corrected chi connectivity index (χ1v) is 7.91. The van der Waals surface area contributed by atoms with E-state index in [1.807, 2.05) is 6.92 Å². The maximum absolute atomic E-state index is 12.7. The van der Waals surface area contributed by atoms with E-state index in [4.69, 9.17) is 0 Å². The second kappa shape index (κ2) is 5.96. The largest absolute Gasteiger partial charge is 0.417 e. The number of hydrogen-bond acceptors (Lipinski definition) is 4. The molecule has 0 N–H and O–H groups in total. The third kappa shape index (κ3) is 3.23. The van der Waals surface area contributed by atoms with Crippen LogP contribution in [0.25, 0.3) is 11.2 Å². The van der Waals surface area contributed by atoms with Crippen LogP contribution in [-0.2, 0) is 13.2 Å². The third-order valence-corrected chi connectivity index (χ3v) is 4.82. The van der Waals surface area contributed by atoms with Crippen molar-refractivity contribution >= 4 is 44.6 Å². The monoisotopic (exact) mass is 381 g/mol. The van der Waals surface area contributed by atoms with Crippen LogP contribution in [0.1, 0.15) is 23.1 Å². The van der Waals surface area contributed by atoms with E-state index < -0.39 is 15.9 Å². The van der Waals surface area contributed by atoms with Crippen molar-refractivity contribution in [3.05, 3.63) is 23.7 Å². The number of alkyl halides is 4. The lowest BCUT2D eigenvalue weighted by atomic mass is 10.2. The Labute approximate surface area is 131 Å². The number of imidazole rings is 1. The zero-order chi connectivity index (χ0) is 15.8. The predicted octanol–water partition coefficient (Wildman–Crippen LogP) is 3.64. The first-order valence-electron chi connectivity index (χ1n) is 5.95. The van der Waals surface area contributed by atoms with Crippen molar-refractivity contribution in [1.29, 1.82) is 0 Å². The van der Waals surface area contributed by atoms with Gasteiger partial charge in [-0.3, -0.25) is 4.79 Å². The topological polar surface area (TPSA) is 47.8 Å². The van der Waals surface area contributed by atoms with Gasteiger partial charge < -0.3 is 4.57 Å². The van der Waals surface area contributed by atoms with Crippen LogP contribution in [0, 0.1) is 0 Å². The van der Waals surface area contributed by atoms with Crippen molar-refractivity contribution in [3.8, 4) is 0 Å². The molecule has 1 unspecified atom stereocenters. The van der Waals surface area contributed by atoms with Crippen molar-refractivity contribution in [1.82, 2.24) is 14.5 Å². The molecule has 0 saturated carbocycles. The molecule has 0 amide bonds. The molecule has 2 aromatic heterocycles. The Balaban J connectivity index is 2.48. The number of aryl methyl sites for hydroxylation is 1. The molecule has 2 rings (SSSR count). The number of hydrogen-bond donors (Lipinski definition) is 0. The minimum atomic E-state index is -4.49. The smallest absolute Gasteiger partial charge is 0.309 e. The van der Waals surface area contributed by atoms with Crippen LogP contribution >= 0.6 is 27.7 Å². The number of carbonyl (C=O) groups is 1. The van der Waals surface area contributed by atoms with Gasteiger partial charge in [0.1, 0.15) is 9.68 Å². The van der Waals surface area contributed by atoms with Gasteiger partial charge in [0.25, 0.3) is 0 Å². The molecule has 0 aliphatic heterocycles. The Kier molecular flexibility index (Phi) is 4.62. The number of rotatable bonds is 4. The van der Waals surface area contributed by atoms with Gasteiger partial charge in [-0.05, 0) is 11.8 Å². The van der Waals surface area contributed by atoms with Gasteiger partial charge in [0.05, 0.1) is 5.56 Å². The van der Waals surface area contributed by atoms with Gasteiger partial charge in [-0.1, -0.05) is 22.9 Å². The Morgan fingerprint density at radius 2 is 2.19 bits per heavy atom. The van der Waals surface area contributed by atoms with Gasteiger partial charge in [-0.2, -0.15) is 13.2 Å². The zero-order valence-electron chi connectivity index (χ0n) is 11.1. The van der Waals surface area contributed by atoms with Crippen LogP contribution in [0.2, 0.25) is 0 Å². The van der Waals surface area contributed by atoms with E-state index in [0.717, 1.165) is 18.0 Å². The lowest BCUT2D eigenvalue weighted by Gasteiger charge is -2.06. The molecule has 0 aliphatic rings. The van der Waals surface area contributed by atoms with E-state index in [1.165, 1.54) is 16.3 Å². The second-order valence-corrected chi connectivity index (χ2v) is 7.10. The average molecular weight is 382 g/mol. The van der Waals surface area contributed by atoms with Crippen LogP contribution in [0.5, 0.6) is 0 Å². The van der Waals surface area contributed by atoms with Gasteiger partial charge in [0.15, 0.2) is 11.5 Å². The minimum Gasteiger partial charge on any atom is -0.309 e. The molecule has 0 bridgehead atoms. The number of ketones is 1. The third-order valence-electron chi connectivity index (χ3n) is 2.78. The van der Waals surface area contributed by atoms with Crippen molar-refractivity contribution in [2.24, 2.45) is 7.05 Å². The highest BCUT2D eigenvalue weighted by molar-refractivity contribution is 9.11. The van der Waals surface area contributed by atoms with Crippen molar-refractivity contribution < 1.29 is 18.0 Å². The summed E-state index contributed by atoms with van der Waals surface area (Å²) in [6.07, 6.45) is -3.75. The zero-order valence-corrected chi connectivity index (χ0v) is 13.5. The van der Waals surface area contributed by atoms with Crippen molar-refractivity contribution in [2.45, 2.75) is 17.3 Å². The molecule has 9 heteroatoms. The summed E-state index contributed by atoms with van der Waals surface area (Å²) in [4.78, 5) is 20.0. The van der Waals surface area contributed by atoms with Crippen molar-refractivity contribution in [2.75, 3.05) is 5.75 Å². The number of fused-ring (bicyclic) bond motifs is 1. The summed E-state index contributed by atoms with van der Waals surface area (Å²) in [5.74, 6) is 0.512. The summed E-state index contributed by atoms with van der Waals surface area (Å²) in [5, 5.41) is 0. The molecule has 1 atom stereocenters. The fraction of sp³-hybridized carbons (Fsp3) is 0.417. The molecule has 0 aromatic carbocycles. The summed E-state index contributed by atoms with van der Waals surface area (Å²) < 4.78 is 38.9. The maximum Gasteiger partial charge on any atom is 0.417 e. The van der Waals surface area contributed by atoms with Crippen LogP contribution in [-0.4, -0.2) is 30.2 Å². The van der Waals surface area contributed by atoms with E-state index in [-0.39, 0.29) is 22.8 Å². The van der Waals surface area contributed by atoms with Gasteiger partial charge in [0, 0.05) is 13.2 Å². The van der Waals surface area contributed by atoms with Gasteiger partial charge in [0.2, 0.25) is 5.78 Å². The van der Waals surface area contributed by atoms with E-state index in [2.05, 4.69) is 25.9 Å². The summed E-state index contributed by atoms with van der Waals surface area (Å²) in [5.41, 5.74) is -0.588. The molecule has 0 fully saturated rings. The SMILES string of the molecule is CCSC(Br)C(=O)c1nc2cc(C(F)(F)F)cnc2n1C. The molecular formula is C12H11BrF3N3OS. The first kappa shape index (κ1) is 16.3. The van der Waals surface area contributed by atoms with E-state index >= 15 is 0 Å². The first-order chi connectivity index (χ1) is 9.75. The molecule has 0 saturated heterocycles. The van der Waals surface area contributed by atoms with Crippen LogP contribution in [0.4, 0.5) is 13.2 Å². The summed E-state index contributed by atoms with van der Waals surface area (Å²) in [6, 6.07) is 0.898. The van der Waals surface area contributed by atoms with Gasteiger partial charge >= 0.3 is 6.18 Å². The fourth-order valence-corrected chi connectivity index (χ4v) is 3.32. The van der Waals surface area contributed by atoms with Crippen molar-refractivity contribution in [3.63, 3.8) is 0 Å². The van der Waals surface area contributed by atoms with Crippen LogP contribution in [0.3, 0.4) is 0 Å². The number of aromatic nitrogens is 3. The normalized spacial score (nSPS) is 13.6. The maximum atomic E-state index is 12.7. The molecule has 0 aliphatic carbocycles. The molecule has 4 nitrogen and oxygen atoms in total. The number of thioether (sulfide) groups is 1. The quantitative estimate of drug-likeness (QED) is 0.599. The van der Waals surface area contributed by atoms with Gasteiger partial charge in [-0.25, -0.2) is 9.97 Å². The van der Waals surface area contributed by atoms with E-state index in [1.54, 1.807) is 7.05 Å². The number of carbonyl (C=O) groups excluding carboxylic acids is 1. The Morgan fingerprint density at radius 1 is 1.52 bits per heavy atom. The Morgan fingerprint density at radius 3 is 2.76 bits per heavy atom. The number of pyridine rings is 1. The molecule has 21 heavy (non-hydrogen) atoms. The number of halogens is 4. The van der Waals surface area contributed by atoms with Gasteiger partial charge in [-0.15, -0.1) is 11.8 Å². The highest BCUT2D eigenvalue weighted by Crippen LogP contribution is 2.30. The lowest BCUT2D eigenvalue weighted by Crippen LogP contribution is -2.16. The highest BCUT2D eigenvalue weighted by Gasteiger charge is 2.32. The molecule has 114 valence electrons. The Hall–Kier alpha value is -1.09. The molecule has 2 aromatic rings. The highest BCUT2D eigenvalue weighted by atomic mass is 79.9. The van der Waals surface area contributed by atoms with Crippen LogP contribution in [0.15, 0.2) is 12.3 Å². The second-order valence-electron chi connectivity index (χ2n) is 4.19. The summed E-state index contributed by atoms with van der Waals surface area (Å²) in [7, 11) is 1.55. The number of nitrogens with zero attached hydrogens (tertiary/aromatic N) is 3. The van der Waals surface area contributed by atoms with E-state index in [9.17, 15) is 18.0 Å². The fourth-order valence-electron chi connectivity index (χ4n) is 1.77.